The molecule has 0 atom stereocenters. The summed E-state index contributed by atoms with van der Waals surface area (Å²) >= 11 is 0. The van der Waals surface area contributed by atoms with Crippen molar-refractivity contribution in [3.8, 4) is 22.3 Å². The van der Waals surface area contributed by atoms with Gasteiger partial charge in [0.15, 0.2) is 0 Å². The Hall–Kier alpha value is -6.12. The molecule has 0 fully saturated rings. The summed E-state index contributed by atoms with van der Waals surface area (Å²) in [5.41, 5.74) is 8.86. The Morgan fingerprint density at radius 3 is 1.57 bits per heavy atom. The molecule has 2 aromatic heterocycles. The average Bonchev–Trinajstić information content (AvgIpc) is 3.13. The van der Waals surface area contributed by atoms with E-state index in [1.807, 2.05) is 12.3 Å². The van der Waals surface area contributed by atoms with Crippen LogP contribution in [0.5, 0.6) is 0 Å². The van der Waals surface area contributed by atoms with Gasteiger partial charge in [-0.2, -0.15) is 0 Å². The summed E-state index contributed by atoms with van der Waals surface area (Å²) < 4.78 is 0. The van der Waals surface area contributed by atoms with Gasteiger partial charge in [0, 0.05) is 17.0 Å². The molecule has 0 unspecified atom stereocenters. The van der Waals surface area contributed by atoms with E-state index in [2.05, 4.69) is 158 Å². The minimum atomic E-state index is 0.904. The maximum Gasteiger partial charge on any atom is 0.0978 e. The number of nitrogens with zero attached hydrogens (tertiary/aromatic N) is 2. The average molecular weight is 585 g/mol. The second-order valence-corrected chi connectivity index (χ2v) is 11.7. The second kappa shape index (κ2) is 10.8. The summed E-state index contributed by atoms with van der Waals surface area (Å²) in [5, 5.41) is 9.65. The number of rotatable bonds is 4. The molecule has 2 heteroatoms. The van der Waals surface area contributed by atoms with Gasteiger partial charge in [-0.25, -0.2) is 4.98 Å². The largest absolute Gasteiger partial charge is 0.254 e. The molecule has 46 heavy (non-hydrogen) atoms. The van der Waals surface area contributed by atoms with Gasteiger partial charge < -0.3 is 0 Å². The summed E-state index contributed by atoms with van der Waals surface area (Å²) in [4.78, 5) is 9.90. The minimum Gasteiger partial charge on any atom is -0.254 e. The molecule has 214 valence electrons. The SMILES string of the molecule is C(=C\c1ccc2c3ccccc3c3cccnc3c2n1)/c1ccc2c(-c3ccccc3)c3ccccc3c(-c3ccccc3)c2c1. The van der Waals surface area contributed by atoms with E-state index in [9.17, 15) is 0 Å². The summed E-state index contributed by atoms with van der Waals surface area (Å²) in [6.07, 6.45) is 6.15. The van der Waals surface area contributed by atoms with Crippen LogP contribution in [0.4, 0.5) is 0 Å². The van der Waals surface area contributed by atoms with E-state index >= 15 is 0 Å². The fourth-order valence-corrected chi connectivity index (χ4v) is 7.04. The number of pyridine rings is 2. The van der Waals surface area contributed by atoms with Crippen LogP contribution < -0.4 is 0 Å². The molecule has 0 aliphatic rings. The van der Waals surface area contributed by atoms with Crippen molar-refractivity contribution in [3.05, 3.63) is 169 Å². The number of hydrogen-bond donors (Lipinski definition) is 0. The minimum absolute atomic E-state index is 0.904. The standard InChI is InChI=1S/C44H28N2/c1-3-12-30(13-4-1)41-35-18-9-10-19-36(35)42(31-14-5-2-6-15-31)40-28-29(22-25-37(40)41)21-23-32-24-26-39-34-17-8-7-16-33(34)38-20-11-27-45-43(38)44(39)46-32/h1-28H/b23-21+. The molecule has 0 saturated heterocycles. The second-order valence-electron chi connectivity index (χ2n) is 11.7. The normalized spacial score (nSPS) is 11.8. The molecule has 2 heterocycles. The number of benzene rings is 7. The van der Waals surface area contributed by atoms with Crippen LogP contribution in [0.3, 0.4) is 0 Å². The quantitative estimate of drug-likeness (QED) is 0.152. The molecule has 0 N–H and O–H groups in total. The first-order valence-corrected chi connectivity index (χ1v) is 15.7. The highest BCUT2D eigenvalue weighted by Gasteiger charge is 2.17. The predicted molar refractivity (Wildman–Crippen MR) is 196 cm³/mol. The zero-order valence-corrected chi connectivity index (χ0v) is 25.1. The van der Waals surface area contributed by atoms with Gasteiger partial charge >= 0.3 is 0 Å². The van der Waals surface area contributed by atoms with Crippen molar-refractivity contribution in [2.24, 2.45) is 0 Å². The Balaban J connectivity index is 1.24. The number of aromatic nitrogens is 2. The lowest BCUT2D eigenvalue weighted by Crippen LogP contribution is -1.91. The summed E-state index contributed by atoms with van der Waals surface area (Å²) in [6, 6.07) is 54.1. The first-order valence-electron chi connectivity index (χ1n) is 15.7. The van der Waals surface area contributed by atoms with Crippen molar-refractivity contribution in [3.63, 3.8) is 0 Å². The third-order valence-corrected chi connectivity index (χ3v) is 9.08. The van der Waals surface area contributed by atoms with Crippen LogP contribution in [0.1, 0.15) is 11.3 Å². The van der Waals surface area contributed by atoms with Crippen LogP contribution in [0.25, 0.3) is 88.5 Å². The van der Waals surface area contributed by atoms with Gasteiger partial charge in [0.2, 0.25) is 0 Å². The highest BCUT2D eigenvalue weighted by molar-refractivity contribution is 6.23. The molecule has 9 rings (SSSR count). The van der Waals surface area contributed by atoms with Crippen LogP contribution >= 0.6 is 0 Å². The van der Waals surface area contributed by atoms with Gasteiger partial charge in [0.05, 0.1) is 16.7 Å². The molecule has 0 aliphatic carbocycles. The number of hydrogen-bond acceptors (Lipinski definition) is 2. The fraction of sp³-hybridized carbons (Fsp3) is 0. The summed E-state index contributed by atoms with van der Waals surface area (Å²) in [5.74, 6) is 0. The van der Waals surface area contributed by atoms with Crippen LogP contribution in [-0.2, 0) is 0 Å². The highest BCUT2D eigenvalue weighted by atomic mass is 14.7. The smallest absolute Gasteiger partial charge is 0.0978 e. The van der Waals surface area contributed by atoms with E-state index in [4.69, 9.17) is 9.97 Å². The van der Waals surface area contributed by atoms with Gasteiger partial charge in [0.25, 0.3) is 0 Å². The van der Waals surface area contributed by atoms with Crippen LogP contribution in [-0.4, -0.2) is 9.97 Å². The molecular formula is C44H28N2. The van der Waals surface area contributed by atoms with Crippen molar-refractivity contribution >= 4 is 66.3 Å². The van der Waals surface area contributed by atoms with Crippen molar-refractivity contribution < 1.29 is 0 Å². The van der Waals surface area contributed by atoms with E-state index in [1.165, 1.54) is 54.6 Å². The first kappa shape index (κ1) is 26.3. The van der Waals surface area contributed by atoms with Gasteiger partial charge in [-0.1, -0.05) is 133 Å². The van der Waals surface area contributed by atoms with Gasteiger partial charge in [-0.3, -0.25) is 4.98 Å². The zero-order chi connectivity index (χ0) is 30.5. The van der Waals surface area contributed by atoms with Crippen LogP contribution in [0.15, 0.2) is 158 Å². The Bertz CT molecular complexity index is 2580. The van der Waals surface area contributed by atoms with E-state index in [0.717, 1.165) is 33.1 Å². The maximum absolute atomic E-state index is 5.14. The van der Waals surface area contributed by atoms with Gasteiger partial charge in [0.1, 0.15) is 0 Å². The molecule has 0 spiro atoms. The van der Waals surface area contributed by atoms with Crippen molar-refractivity contribution in [2.45, 2.75) is 0 Å². The fourth-order valence-electron chi connectivity index (χ4n) is 7.04. The third kappa shape index (κ3) is 4.27. The third-order valence-electron chi connectivity index (χ3n) is 9.08. The van der Waals surface area contributed by atoms with Crippen LogP contribution in [0.2, 0.25) is 0 Å². The topological polar surface area (TPSA) is 25.8 Å². The predicted octanol–water partition coefficient (Wildman–Crippen LogP) is 11.7. The lowest BCUT2D eigenvalue weighted by molar-refractivity contribution is 1.36. The summed E-state index contributed by atoms with van der Waals surface area (Å²) in [6.45, 7) is 0. The molecule has 0 radical (unpaired) electrons. The maximum atomic E-state index is 5.14. The van der Waals surface area contributed by atoms with Crippen LogP contribution in [0, 0.1) is 0 Å². The molecule has 7 aromatic carbocycles. The molecule has 0 aliphatic heterocycles. The Kier molecular flexibility index (Phi) is 6.17. The Morgan fingerprint density at radius 2 is 0.891 bits per heavy atom. The van der Waals surface area contributed by atoms with Crippen molar-refractivity contribution in [1.29, 1.82) is 0 Å². The van der Waals surface area contributed by atoms with Crippen molar-refractivity contribution in [1.82, 2.24) is 9.97 Å². The molecule has 0 bridgehead atoms. The molecule has 0 saturated carbocycles. The Labute approximate surface area is 266 Å². The monoisotopic (exact) mass is 584 g/mol. The Morgan fingerprint density at radius 1 is 0.370 bits per heavy atom. The molecule has 0 amide bonds. The molecule has 9 aromatic rings. The van der Waals surface area contributed by atoms with E-state index < -0.39 is 0 Å². The molecular weight excluding hydrogens is 556 g/mol. The van der Waals surface area contributed by atoms with E-state index in [-0.39, 0.29) is 0 Å². The van der Waals surface area contributed by atoms with Gasteiger partial charge in [-0.15, -0.1) is 0 Å². The van der Waals surface area contributed by atoms with E-state index in [0.29, 0.717) is 0 Å². The number of fused-ring (bicyclic) bond motifs is 8. The highest BCUT2D eigenvalue weighted by Crippen LogP contribution is 2.44. The van der Waals surface area contributed by atoms with E-state index in [1.54, 1.807) is 0 Å². The molecule has 2 nitrogen and oxygen atoms in total. The first-order chi connectivity index (χ1) is 22.8. The van der Waals surface area contributed by atoms with Gasteiger partial charge in [-0.05, 0) is 90.5 Å². The lowest BCUT2D eigenvalue weighted by Gasteiger charge is -2.18. The van der Waals surface area contributed by atoms with Crippen molar-refractivity contribution in [2.75, 3.05) is 0 Å². The summed E-state index contributed by atoms with van der Waals surface area (Å²) in [7, 11) is 0. The zero-order valence-electron chi connectivity index (χ0n) is 25.1. The lowest BCUT2D eigenvalue weighted by atomic mass is 9.85.